The van der Waals surface area contributed by atoms with E-state index < -0.39 is 0 Å². The number of unbranched alkanes of at least 4 members (excludes halogenated alkanes) is 1. The van der Waals surface area contributed by atoms with Crippen LogP contribution in [-0.4, -0.2) is 18.1 Å². The quantitative estimate of drug-likeness (QED) is 0.444. The van der Waals surface area contributed by atoms with E-state index in [9.17, 15) is 9.59 Å². The maximum Gasteiger partial charge on any atom is 0.146 e. The van der Waals surface area contributed by atoms with Gasteiger partial charge in [-0.25, -0.2) is 0 Å². The van der Waals surface area contributed by atoms with E-state index in [4.69, 9.17) is 5.73 Å². The third-order valence-corrected chi connectivity index (χ3v) is 1.36. The molecule has 0 aliphatic heterocycles. The van der Waals surface area contributed by atoms with Crippen molar-refractivity contribution in [1.82, 2.24) is 0 Å². The number of hydrogen-bond donors (Lipinski definition) is 1. The van der Waals surface area contributed by atoms with Gasteiger partial charge in [0.1, 0.15) is 12.1 Å². The van der Waals surface area contributed by atoms with E-state index in [1.165, 1.54) is 6.92 Å². The summed E-state index contributed by atoms with van der Waals surface area (Å²) in [6.07, 6.45) is 2.67. The van der Waals surface area contributed by atoms with Gasteiger partial charge in [-0.3, -0.25) is 4.79 Å². The van der Waals surface area contributed by atoms with Gasteiger partial charge in [-0.15, -0.1) is 0 Å². The lowest BCUT2D eigenvalue weighted by atomic mass is 10.1. The average molecular weight is 143 g/mol. The van der Waals surface area contributed by atoms with Gasteiger partial charge in [0, 0.05) is 6.42 Å². The summed E-state index contributed by atoms with van der Waals surface area (Å²) in [7, 11) is 0. The predicted molar refractivity (Wildman–Crippen MR) is 38.6 cm³/mol. The Balaban J connectivity index is 3.30. The number of carbonyl (C=O) groups excluding carboxylic acids is 2. The molecule has 2 N–H and O–H groups in total. The number of carbonyl (C=O) groups is 2. The molecule has 0 fully saturated rings. The lowest BCUT2D eigenvalue weighted by molar-refractivity contribution is -0.118. The molecule has 0 amide bonds. The van der Waals surface area contributed by atoms with Crippen LogP contribution < -0.4 is 5.73 Å². The van der Waals surface area contributed by atoms with E-state index in [1.54, 1.807) is 0 Å². The molecule has 3 heteroatoms. The summed E-state index contributed by atoms with van der Waals surface area (Å²) >= 11 is 0. The molecule has 10 heavy (non-hydrogen) atoms. The molecule has 0 rings (SSSR count). The Hall–Kier alpha value is -0.700. The lowest BCUT2D eigenvalue weighted by Crippen LogP contribution is -2.27. The number of aldehydes is 1. The van der Waals surface area contributed by atoms with Crippen LogP contribution in [0, 0.1) is 0 Å². The third kappa shape index (κ3) is 4.21. The second-order valence-corrected chi connectivity index (χ2v) is 2.31. The monoisotopic (exact) mass is 143 g/mol. The van der Waals surface area contributed by atoms with Gasteiger partial charge in [0.2, 0.25) is 0 Å². The summed E-state index contributed by atoms with van der Waals surface area (Å²) in [6.45, 7) is 1.46. The maximum absolute atomic E-state index is 10.5. The zero-order chi connectivity index (χ0) is 7.98. The fourth-order valence-corrected chi connectivity index (χ4v) is 0.624. The Morgan fingerprint density at radius 2 is 2.30 bits per heavy atom. The SMILES string of the molecule is CC(=O)C(N)CCCC=O. The van der Waals surface area contributed by atoms with Crippen molar-refractivity contribution < 1.29 is 9.59 Å². The van der Waals surface area contributed by atoms with Crippen LogP contribution >= 0.6 is 0 Å². The van der Waals surface area contributed by atoms with Gasteiger partial charge in [-0.05, 0) is 19.8 Å². The summed E-state index contributed by atoms with van der Waals surface area (Å²) in [6, 6.07) is -0.375. The number of hydrogen-bond acceptors (Lipinski definition) is 3. The third-order valence-electron chi connectivity index (χ3n) is 1.36. The van der Waals surface area contributed by atoms with Gasteiger partial charge in [0.25, 0.3) is 0 Å². The van der Waals surface area contributed by atoms with Crippen molar-refractivity contribution in [3.05, 3.63) is 0 Å². The van der Waals surface area contributed by atoms with E-state index >= 15 is 0 Å². The highest BCUT2D eigenvalue weighted by molar-refractivity contribution is 5.81. The van der Waals surface area contributed by atoms with Crippen molar-refractivity contribution in [3.8, 4) is 0 Å². The van der Waals surface area contributed by atoms with E-state index in [-0.39, 0.29) is 11.8 Å². The van der Waals surface area contributed by atoms with Gasteiger partial charge in [0.05, 0.1) is 6.04 Å². The minimum absolute atomic E-state index is 0.00843. The van der Waals surface area contributed by atoms with E-state index in [0.29, 0.717) is 19.3 Å². The van der Waals surface area contributed by atoms with Crippen molar-refractivity contribution in [1.29, 1.82) is 0 Å². The van der Waals surface area contributed by atoms with E-state index in [2.05, 4.69) is 0 Å². The molecule has 0 spiro atoms. The smallest absolute Gasteiger partial charge is 0.146 e. The largest absolute Gasteiger partial charge is 0.322 e. The minimum atomic E-state index is -0.375. The van der Waals surface area contributed by atoms with Crippen molar-refractivity contribution in [2.75, 3.05) is 0 Å². The van der Waals surface area contributed by atoms with Gasteiger partial charge in [-0.1, -0.05) is 0 Å². The Morgan fingerprint density at radius 3 is 2.70 bits per heavy atom. The molecule has 0 aromatic carbocycles. The molecule has 0 saturated heterocycles. The second kappa shape index (κ2) is 5.11. The van der Waals surface area contributed by atoms with E-state index in [1.807, 2.05) is 0 Å². The Morgan fingerprint density at radius 1 is 1.70 bits per heavy atom. The predicted octanol–water partition coefficient (Wildman–Crippen LogP) is 0.272. The first kappa shape index (κ1) is 9.30. The number of nitrogens with two attached hydrogens (primary N) is 1. The van der Waals surface area contributed by atoms with Crippen molar-refractivity contribution in [2.45, 2.75) is 32.2 Å². The molecular weight excluding hydrogens is 130 g/mol. The van der Waals surface area contributed by atoms with Crippen molar-refractivity contribution in [2.24, 2.45) is 5.73 Å². The first-order chi connectivity index (χ1) is 4.68. The molecule has 0 bridgehead atoms. The van der Waals surface area contributed by atoms with Gasteiger partial charge in [0.15, 0.2) is 0 Å². The molecule has 0 aromatic rings. The normalized spacial score (nSPS) is 12.6. The lowest BCUT2D eigenvalue weighted by Gasteiger charge is -2.03. The van der Waals surface area contributed by atoms with Crippen LogP contribution in [0.1, 0.15) is 26.2 Å². The number of rotatable bonds is 5. The van der Waals surface area contributed by atoms with Crippen LogP contribution in [-0.2, 0) is 9.59 Å². The molecule has 1 atom stereocenters. The number of ketones is 1. The van der Waals surface area contributed by atoms with Crippen molar-refractivity contribution in [3.63, 3.8) is 0 Å². The topological polar surface area (TPSA) is 60.2 Å². The highest BCUT2D eigenvalue weighted by atomic mass is 16.1. The zero-order valence-electron chi connectivity index (χ0n) is 6.17. The zero-order valence-corrected chi connectivity index (χ0v) is 6.17. The highest BCUT2D eigenvalue weighted by Gasteiger charge is 2.05. The number of Topliss-reactive ketones (excluding diaryl/α,β-unsaturated/α-hetero) is 1. The fraction of sp³-hybridized carbons (Fsp3) is 0.714. The van der Waals surface area contributed by atoms with Crippen LogP contribution in [0.4, 0.5) is 0 Å². The summed E-state index contributed by atoms with van der Waals surface area (Å²) in [5.41, 5.74) is 5.39. The average Bonchev–Trinajstić information content (AvgIpc) is 1.88. The Labute approximate surface area is 60.6 Å². The first-order valence-electron chi connectivity index (χ1n) is 3.38. The molecule has 0 aliphatic carbocycles. The molecular formula is C7H13NO2. The summed E-state index contributed by atoms with van der Waals surface area (Å²) in [5.74, 6) is -0.00843. The molecule has 0 saturated carbocycles. The molecule has 3 nitrogen and oxygen atoms in total. The maximum atomic E-state index is 10.5. The van der Waals surface area contributed by atoms with Gasteiger partial charge < -0.3 is 10.5 Å². The van der Waals surface area contributed by atoms with Crippen molar-refractivity contribution >= 4 is 12.1 Å². The Bertz CT molecular complexity index is 123. The summed E-state index contributed by atoms with van der Waals surface area (Å²) < 4.78 is 0. The van der Waals surface area contributed by atoms with Crippen LogP contribution in [0.15, 0.2) is 0 Å². The summed E-state index contributed by atoms with van der Waals surface area (Å²) in [4.78, 5) is 20.4. The summed E-state index contributed by atoms with van der Waals surface area (Å²) in [5, 5.41) is 0. The van der Waals surface area contributed by atoms with Gasteiger partial charge >= 0.3 is 0 Å². The molecule has 58 valence electrons. The second-order valence-electron chi connectivity index (χ2n) is 2.31. The molecule has 0 heterocycles. The van der Waals surface area contributed by atoms with Crippen LogP contribution in [0.5, 0.6) is 0 Å². The van der Waals surface area contributed by atoms with Gasteiger partial charge in [-0.2, -0.15) is 0 Å². The fourth-order valence-electron chi connectivity index (χ4n) is 0.624. The molecule has 0 aromatic heterocycles. The molecule has 1 unspecified atom stereocenters. The molecule has 0 aliphatic rings. The Kier molecular flexibility index (Phi) is 4.76. The van der Waals surface area contributed by atoms with Crippen LogP contribution in [0.25, 0.3) is 0 Å². The first-order valence-corrected chi connectivity index (χ1v) is 3.38. The standard InChI is InChI=1S/C7H13NO2/c1-6(10)7(8)4-2-3-5-9/h5,7H,2-4,8H2,1H3. The van der Waals surface area contributed by atoms with Crippen LogP contribution in [0.3, 0.4) is 0 Å². The molecule has 0 radical (unpaired) electrons. The van der Waals surface area contributed by atoms with Crippen LogP contribution in [0.2, 0.25) is 0 Å². The van der Waals surface area contributed by atoms with E-state index in [0.717, 1.165) is 6.29 Å². The minimum Gasteiger partial charge on any atom is -0.322 e. The highest BCUT2D eigenvalue weighted by Crippen LogP contribution is 1.97.